The molecule has 1 aliphatic rings. The Labute approximate surface area is 176 Å². The van der Waals surface area contributed by atoms with Gasteiger partial charge in [0.05, 0.1) is 11.3 Å². The molecule has 0 saturated carbocycles. The number of hydrazine groups is 1. The highest BCUT2D eigenvalue weighted by Crippen LogP contribution is 2.32. The van der Waals surface area contributed by atoms with Gasteiger partial charge in [-0.05, 0) is 36.9 Å². The minimum Gasteiger partial charge on any atom is -0.304 e. The van der Waals surface area contributed by atoms with Crippen molar-refractivity contribution in [2.75, 3.05) is 38.7 Å². The Balaban J connectivity index is 1.82. The van der Waals surface area contributed by atoms with Crippen molar-refractivity contribution in [2.24, 2.45) is 0 Å². The van der Waals surface area contributed by atoms with Crippen LogP contribution in [0, 0.1) is 5.82 Å². The van der Waals surface area contributed by atoms with Crippen LogP contribution in [-0.2, 0) is 17.6 Å². The number of rotatable bonds is 6. The molecule has 5 nitrogen and oxygen atoms in total. The first kappa shape index (κ1) is 23.0. The molecule has 168 valence electrons. The van der Waals surface area contributed by atoms with E-state index in [0.717, 1.165) is 6.07 Å². The van der Waals surface area contributed by atoms with Crippen molar-refractivity contribution >= 4 is 11.6 Å². The van der Waals surface area contributed by atoms with Crippen LogP contribution in [0.1, 0.15) is 22.7 Å². The number of hydrogen-bond acceptors (Lipinski definition) is 4. The van der Waals surface area contributed by atoms with Gasteiger partial charge in [-0.2, -0.15) is 13.2 Å². The predicted octanol–water partition coefficient (Wildman–Crippen LogP) is 3.75. The number of alkyl halides is 4. The molecular formula is C21H23F5N4O. The molecule has 1 atom stereocenters. The largest absolute Gasteiger partial charge is 0.416 e. The zero-order valence-corrected chi connectivity index (χ0v) is 16.8. The highest BCUT2D eigenvalue weighted by Gasteiger charge is 2.33. The van der Waals surface area contributed by atoms with Crippen LogP contribution in [0.4, 0.5) is 27.6 Å². The van der Waals surface area contributed by atoms with E-state index in [4.69, 9.17) is 0 Å². The van der Waals surface area contributed by atoms with Crippen molar-refractivity contribution in [2.45, 2.75) is 18.9 Å². The number of piperazine rings is 1. The fourth-order valence-corrected chi connectivity index (χ4v) is 3.49. The number of likely N-dealkylation sites (N-methyl/N-ethyl adjacent to an activating group) is 1. The molecule has 0 spiro atoms. The van der Waals surface area contributed by atoms with Crippen LogP contribution in [0.2, 0.25) is 0 Å². The lowest BCUT2D eigenvalue weighted by Gasteiger charge is -2.37. The third-order valence-electron chi connectivity index (χ3n) is 5.16. The molecule has 3 rings (SSSR count). The van der Waals surface area contributed by atoms with Crippen molar-refractivity contribution in [1.29, 1.82) is 0 Å². The Morgan fingerprint density at radius 3 is 2.39 bits per heavy atom. The summed E-state index contributed by atoms with van der Waals surface area (Å²) in [6, 6.07) is 7.55. The van der Waals surface area contributed by atoms with E-state index < -0.39 is 36.2 Å². The number of nitrogens with one attached hydrogen (secondary N) is 2. The Hall–Kier alpha value is -2.72. The minimum absolute atomic E-state index is 0.124. The number of anilines is 1. The lowest BCUT2D eigenvalue weighted by atomic mass is 10.0. The van der Waals surface area contributed by atoms with Crippen molar-refractivity contribution < 1.29 is 26.7 Å². The van der Waals surface area contributed by atoms with E-state index in [0.29, 0.717) is 32.2 Å². The first-order valence-electron chi connectivity index (χ1n) is 9.69. The summed E-state index contributed by atoms with van der Waals surface area (Å²) in [6.07, 6.45) is -4.67. The predicted molar refractivity (Wildman–Crippen MR) is 106 cm³/mol. The van der Waals surface area contributed by atoms with Crippen LogP contribution in [0.3, 0.4) is 0 Å². The fraction of sp³-hybridized carbons (Fsp3) is 0.381. The van der Waals surface area contributed by atoms with Gasteiger partial charge >= 0.3 is 6.18 Å². The Bertz CT molecular complexity index is 913. The molecular weight excluding hydrogens is 419 g/mol. The van der Waals surface area contributed by atoms with Crippen molar-refractivity contribution in [3.05, 3.63) is 65.0 Å². The van der Waals surface area contributed by atoms with E-state index in [1.54, 1.807) is 6.07 Å². The lowest BCUT2D eigenvalue weighted by Crippen LogP contribution is -2.50. The van der Waals surface area contributed by atoms with E-state index in [1.165, 1.54) is 24.3 Å². The third-order valence-corrected chi connectivity index (χ3v) is 5.16. The summed E-state index contributed by atoms with van der Waals surface area (Å²) in [5.41, 5.74) is 3.61. The number of carbonyl (C=O) groups is 1. The summed E-state index contributed by atoms with van der Waals surface area (Å²) < 4.78 is 66.7. The van der Waals surface area contributed by atoms with Gasteiger partial charge in [0, 0.05) is 31.7 Å². The average molecular weight is 442 g/mol. The number of benzene rings is 2. The van der Waals surface area contributed by atoms with Gasteiger partial charge in [-0.1, -0.05) is 18.2 Å². The molecule has 0 radical (unpaired) electrons. The van der Waals surface area contributed by atoms with Gasteiger partial charge in [-0.25, -0.2) is 8.78 Å². The van der Waals surface area contributed by atoms with Crippen LogP contribution < -0.4 is 10.9 Å². The minimum atomic E-state index is -4.67. The number of halogens is 5. The molecule has 2 aromatic carbocycles. The molecule has 1 unspecified atom stereocenters. The zero-order chi connectivity index (χ0) is 22.6. The van der Waals surface area contributed by atoms with Crippen LogP contribution in [-0.4, -0.2) is 48.9 Å². The highest BCUT2D eigenvalue weighted by molar-refractivity contribution is 5.84. The van der Waals surface area contributed by atoms with Crippen LogP contribution in [0.15, 0.2) is 42.5 Å². The zero-order valence-electron chi connectivity index (χ0n) is 16.8. The van der Waals surface area contributed by atoms with E-state index in [2.05, 4.69) is 15.8 Å². The summed E-state index contributed by atoms with van der Waals surface area (Å²) in [5, 5.41) is 0. The quantitative estimate of drug-likeness (QED) is 0.529. The summed E-state index contributed by atoms with van der Waals surface area (Å²) >= 11 is 0. The summed E-state index contributed by atoms with van der Waals surface area (Å²) in [4.78, 5) is 16.9. The van der Waals surface area contributed by atoms with Gasteiger partial charge in [0.2, 0.25) is 0 Å². The van der Waals surface area contributed by atoms with Crippen LogP contribution in [0.25, 0.3) is 0 Å². The van der Waals surface area contributed by atoms with Gasteiger partial charge in [0.1, 0.15) is 18.5 Å². The summed E-state index contributed by atoms with van der Waals surface area (Å²) in [5.74, 6) is -1.19. The van der Waals surface area contributed by atoms with Gasteiger partial charge in [-0.3, -0.25) is 20.5 Å². The Kier molecular flexibility index (Phi) is 7.11. The molecule has 1 fully saturated rings. The molecule has 0 aliphatic carbocycles. The second kappa shape index (κ2) is 9.61. The van der Waals surface area contributed by atoms with Crippen LogP contribution >= 0.6 is 0 Å². The maximum Gasteiger partial charge on any atom is 0.416 e. The SMILES string of the molecule is CN1CCN(C(C(=O)NNc2cc(CF)cc(C(F)(F)F)c2)c2ccccc2F)CC1. The second-order valence-electron chi connectivity index (χ2n) is 7.43. The lowest BCUT2D eigenvalue weighted by molar-refractivity contribution is -0.137. The molecule has 10 heteroatoms. The molecule has 0 aromatic heterocycles. The molecule has 1 amide bonds. The second-order valence-corrected chi connectivity index (χ2v) is 7.43. The normalized spacial score (nSPS) is 16.7. The van der Waals surface area contributed by atoms with E-state index in [9.17, 15) is 26.7 Å². The van der Waals surface area contributed by atoms with Gasteiger partial charge in [-0.15, -0.1) is 0 Å². The number of hydrogen-bond donors (Lipinski definition) is 2. The Morgan fingerprint density at radius 1 is 1.10 bits per heavy atom. The molecule has 0 bridgehead atoms. The highest BCUT2D eigenvalue weighted by atomic mass is 19.4. The maximum absolute atomic E-state index is 14.5. The molecule has 1 aliphatic heterocycles. The van der Waals surface area contributed by atoms with Crippen LogP contribution in [0.5, 0.6) is 0 Å². The molecule has 2 aromatic rings. The Morgan fingerprint density at radius 2 is 1.77 bits per heavy atom. The van der Waals surface area contributed by atoms with Crippen molar-refractivity contribution in [1.82, 2.24) is 15.2 Å². The smallest absolute Gasteiger partial charge is 0.304 e. The summed E-state index contributed by atoms with van der Waals surface area (Å²) in [7, 11) is 1.94. The number of nitrogens with zero attached hydrogens (tertiary/aromatic N) is 2. The molecule has 2 N–H and O–H groups in total. The van der Waals surface area contributed by atoms with Crippen molar-refractivity contribution in [3.8, 4) is 0 Å². The summed E-state index contributed by atoms with van der Waals surface area (Å²) in [6.45, 7) is 1.29. The van der Waals surface area contributed by atoms with Gasteiger partial charge in [0.25, 0.3) is 5.91 Å². The van der Waals surface area contributed by atoms with Gasteiger partial charge in [0.15, 0.2) is 0 Å². The molecule has 31 heavy (non-hydrogen) atoms. The number of carbonyl (C=O) groups excluding carboxylic acids is 1. The van der Waals surface area contributed by atoms with E-state index in [-0.39, 0.29) is 16.8 Å². The monoisotopic (exact) mass is 442 g/mol. The topological polar surface area (TPSA) is 47.6 Å². The number of amides is 1. The van der Waals surface area contributed by atoms with E-state index in [1.807, 2.05) is 11.9 Å². The third kappa shape index (κ3) is 5.71. The van der Waals surface area contributed by atoms with Crippen molar-refractivity contribution in [3.63, 3.8) is 0 Å². The fourth-order valence-electron chi connectivity index (χ4n) is 3.49. The first-order chi connectivity index (χ1) is 14.7. The molecule has 1 heterocycles. The maximum atomic E-state index is 14.5. The van der Waals surface area contributed by atoms with E-state index >= 15 is 0 Å². The standard InChI is InChI=1S/C21H23F5N4O/c1-29-6-8-30(9-7-29)19(17-4-2-3-5-18(17)23)20(31)28-27-16-11-14(13-22)10-15(12-16)21(24,25)26/h2-5,10-12,19,27H,6-9,13H2,1H3,(H,28,31). The average Bonchev–Trinajstić information content (AvgIpc) is 2.74. The van der Waals surface area contributed by atoms with Gasteiger partial charge < -0.3 is 4.90 Å². The first-order valence-corrected chi connectivity index (χ1v) is 9.69. The molecule has 1 saturated heterocycles.